The van der Waals surface area contributed by atoms with Gasteiger partial charge in [-0.2, -0.15) is 0 Å². The molecule has 3 rings (SSSR count). The first kappa shape index (κ1) is 10.2. The maximum absolute atomic E-state index is 10.5. The van der Waals surface area contributed by atoms with Gasteiger partial charge in [0.15, 0.2) is 6.29 Å². The van der Waals surface area contributed by atoms with Crippen molar-refractivity contribution in [1.29, 1.82) is 0 Å². The molecule has 17 heavy (non-hydrogen) atoms. The Bertz CT molecular complexity index is 670. The summed E-state index contributed by atoms with van der Waals surface area (Å²) in [7, 11) is 0. The lowest BCUT2D eigenvalue weighted by Crippen LogP contribution is -1.86. The predicted octanol–water partition coefficient (Wildman–Crippen LogP) is 3.78. The molecule has 0 spiro atoms. The number of rotatable bonds is 2. The number of benzene rings is 1. The van der Waals surface area contributed by atoms with Gasteiger partial charge in [-0.1, -0.05) is 12.1 Å². The number of aromatic nitrogens is 1. The Morgan fingerprint density at radius 3 is 2.71 bits per heavy atom. The van der Waals surface area contributed by atoms with E-state index < -0.39 is 0 Å². The fourth-order valence-electron chi connectivity index (χ4n) is 1.79. The second-order valence-corrected chi connectivity index (χ2v) is 4.71. The Labute approximate surface area is 103 Å². The van der Waals surface area contributed by atoms with Crippen LogP contribution in [0, 0.1) is 0 Å². The zero-order valence-corrected chi connectivity index (χ0v) is 9.78. The monoisotopic (exact) mass is 239 g/mol. The smallest absolute Gasteiger partial charge is 0.168 e. The van der Waals surface area contributed by atoms with Crippen molar-refractivity contribution >= 4 is 27.7 Å². The van der Waals surface area contributed by atoms with E-state index >= 15 is 0 Å². The minimum atomic E-state index is 0.463. The highest BCUT2D eigenvalue weighted by molar-refractivity contribution is 7.17. The van der Waals surface area contributed by atoms with Gasteiger partial charge in [0.25, 0.3) is 0 Å². The number of fused-ring (bicyclic) bond motifs is 1. The Kier molecular flexibility index (Phi) is 2.46. The number of aldehydes is 1. The van der Waals surface area contributed by atoms with Gasteiger partial charge < -0.3 is 0 Å². The lowest BCUT2D eigenvalue weighted by molar-refractivity contribution is 0.111. The number of hydrogen-bond donors (Lipinski definition) is 0. The van der Waals surface area contributed by atoms with E-state index in [2.05, 4.69) is 34.6 Å². The lowest BCUT2D eigenvalue weighted by Gasteiger charge is -2.01. The van der Waals surface area contributed by atoms with E-state index in [0.29, 0.717) is 5.69 Å². The number of carbonyl (C=O) groups is 1. The number of hydrogen-bond acceptors (Lipinski definition) is 3. The van der Waals surface area contributed by atoms with Crippen LogP contribution in [0.2, 0.25) is 0 Å². The molecule has 82 valence electrons. The number of pyridine rings is 1. The average molecular weight is 239 g/mol. The van der Waals surface area contributed by atoms with Gasteiger partial charge in [-0.15, -0.1) is 11.3 Å². The maximum Gasteiger partial charge on any atom is 0.168 e. The van der Waals surface area contributed by atoms with Crippen LogP contribution in [0.25, 0.3) is 21.2 Å². The highest BCUT2D eigenvalue weighted by atomic mass is 32.1. The van der Waals surface area contributed by atoms with Crippen LogP contribution in [0.4, 0.5) is 0 Å². The molecule has 0 saturated heterocycles. The van der Waals surface area contributed by atoms with Crippen LogP contribution in [0.5, 0.6) is 0 Å². The average Bonchev–Trinajstić information content (AvgIpc) is 2.86. The molecule has 0 aliphatic heterocycles. The minimum absolute atomic E-state index is 0.463. The first-order chi connectivity index (χ1) is 8.36. The molecule has 2 nitrogen and oxygen atoms in total. The molecule has 3 aromatic rings. The summed E-state index contributed by atoms with van der Waals surface area (Å²) in [5.41, 5.74) is 2.62. The number of carbonyl (C=O) groups excluding carboxylic acids is 1. The van der Waals surface area contributed by atoms with Crippen molar-refractivity contribution < 1.29 is 4.79 Å². The van der Waals surface area contributed by atoms with Gasteiger partial charge in [-0.05, 0) is 40.6 Å². The lowest BCUT2D eigenvalue weighted by atomic mass is 10.1. The maximum atomic E-state index is 10.5. The van der Waals surface area contributed by atoms with Crippen molar-refractivity contribution in [3.8, 4) is 11.1 Å². The molecule has 0 radical (unpaired) electrons. The molecule has 2 aromatic heterocycles. The van der Waals surface area contributed by atoms with Gasteiger partial charge in [-0.25, -0.2) is 0 Å². The Hall–Kier alpha value is -2.00. The fourth-order valence-corrected chi connectivity index (χ4v) is 2.56. The summed E-state index contributed by atoms with van der Waals surface area (Å²) in [6, 6.07) is 12.1. The van der Waals surface area contributed by atoms with Crippen LogP contribution in [-0.2, 0) is 0 Å². The molecular weight excluding hydrogens is 230 g/mol. The topological polar surface area (TPSA) is 30.0 Å². The molecule has 0 aliphatic rings. The molecule has 0 atom stereocenters. The van der Waals surface area contributed by atoms with E-state index in [4.69, 9.17) is 0 Å². The van der Waals surface area contributed by atoms with E-state index in [1.807, 2.05) is 6.07 Å². The van der Waals surface area contributed by atoms with Crippen LogP contribution in [-0.4, -0.2) is 11.3 Å². The molecule has 0 unspecified atom stereocenters. The molecular formula is C14H9NOS. The summed E-state index contributed by atoms with van der Waals surface area (Å²) in [6.07, 6.45) is 2.49. The van der Waals surface area contributed by atoms with Gasteiger partial charge in [0.1, 0.15) is 5.69 Å². The van der Waals surface area contributed by atoms with Crippen LogP contribution < -0.4 is 0 Å². The van der Waals surface area contributed by atoms with Crippen molar-refractivity contribution in [2.45, 2.75) is 0 Å². The molecule has 0 saturated carbocycles. The molecule has 0 aliphatic carbocycles. The largest absolute Gasteiger partial charge is 0.296 e. The summed E-state index contributed by atoms with van der Waals surface area (Å²) < 4.78 is 1.28. The summed E-state index contributed by atoms with van der Waals surface area (Å²) in [5.74, 6) is 0. The van der Waals surface area contributed by atoms with E-state index in [1.165, 1.54) is 10.1 Å². The van der Waals surface area contributed by atoms with Crippen LogP contribution in [0.3, 0.4) is 0 Å². The zero-order chi connectivity index (χ0) is 11.7. The highest BCUT2D eigenvalue weighted by Gasteiger charge is 2.01. The fraction of sp³-hybridized carbons (Fsp3) is 0. The third-order valence-electron chi connectivity index (χ3n) is 2.69. The highest BCUT2D eigenvalue weighted by Crippen LogP contribution is 2.27. The molecule has 0 amide bonds. The number of thiophene rings is 1. The Morgan fingerprint density at radius 2 is 1.94 bits per heavy atom. The van der Waals surface area contributed by atoms with Crippen molar-refractivity contribution in [3.63, 3.8) is 0 Å². The standard InChI is InChI=1S/C14H9NOS/c16-9-13-3-1-12(8-15-13)10-2-4-14-11(7-10)5-6-17-14/h1-9H. The third kappa shape index (κ3) is 1.85. The van der Waals surface area contributed by atoms with Gasteiger partial charge in [0.05, 0.1) is 0 Å². The minimum Gasteiger partial charge on any atom is -0.296 e. The van der Waals surface area contributed by atoms with Crippen molar-refractivity contribution in [3.05, 3.63) is 53.7 Å². The van der Waals surface area contributed by atoms with Gasteiger partial charge in [-0.3, -0.25) is 9.78 Å². The summed E-state index contributed by atoms with van der Waals surface area (Å²) in [5, 5.41) is 3.33. The SMILES string of the molecule is O=Cc1ccc(-c2ccc3sccc3c2)cn1. The summed E-state index contributed by atoms with van der Waals surface area (Å²) >= 11 is 1.74. The van der Waals surface area contributed by atoms with E-state index in [-0.39, 0.29) is 0 Å². The number of nitrogens with zero attached hydrogens (tertiary/aromatic N) is 1. The van der Waals surface area contributed by atoms with E-state index in [0.717, 1.165) is 17.4 Å². The molecule has 0 N–H and O–H groups in total. The normalized spacial score (nSPS) is 10.6. The van der Waals surface area contributed by atoms with Gasteiger partial charge in [0.2, 0.25) is 0 Å². The van der Waals surface area contributed by atoms with Crippen molar-refractivity contribution in [1.82, 2.24) is 4.98 Å². The molecule has 3 heteroatoms. The van der Waals surface area contributed by atoms with Gasteiger partial charge >= 0.3 is 0 Å². The first-order valence-corrected chi connectivity index (χ1v) is 6.14. The van der Waals surface area contributed by atoms with Crippen LogP contribution >= 0.6 is 11.3 Å². The Balaban J connectivity index is 2.09. The van der Waals surface area contributed by atoms with E-state index in [1.54, 1.807) is 23.6 Å². The predicted molar refractivity (Wildman–Crippen MR) is 70.4 cm³/mol. The second-order valence-electron chi connectivity index (χ2n) is 3.76. The quantitative estimate of drug-likeness (QED) is 0.637. The second kappa shape index (κ2) is 4.11. The molecule has 2 heterocycles. The summed E-state index contributed by atoms with van der Waals surface area (Å²) in [4.78, 5) is 14.6. The van der Waals surface area contributed by atoms with Gasteiger partial charge in [0, 0.05) is 16.5 Å². The van der Waals surface area contributed by atoms with Crippen LogP contribution in [0.1, 0.15) is 10.5 Å². The molecule has 0 fully saturated rings. The molecule has 1 aromatic carbocycles. The van der Waals surface area contributed by atoms with E-state index in [9.17, 15) is 4.79 Å². The molecule has 0 bridgehead atoms. The Morgan fingerprint density at radius 1 is 1.06 bits per heavy atom. The third-order valence-corrected chi connectivity index (χ3v) is 3.59. The summed E-state index contributed by atoms with van der Waals surface area (Å²) in [6.45, 7) is 0. The zero-order valence-electron chi connectivity index (χ0n) is 8.96. The van der Waals surface area contributed by atoms with Crippen LogP contribution in [0.15, 0.2) is 48.0 Å². The van der Waals surface area contributed by atoms with Crippen molar-refractivity contribution in [2.75, 3.05) is 0 Å². The first-order valence-electron chi connectivity index (χ1n) is 5.26. The van der Waals surface area contributed by atoms with Crippen molar-refractivity contribution in [2.24, 2.45) is 0 Å².